The smallest absolute Gasteiger partial charge is 0.265 e. The van der Waals surface area contributed by atoms with E-state index in [0.717, 1.165) is 49.2 Å². The number of benzene rings is 1. The Hall–Kier alpha value is -2.00. The van der Waals surface area contributed by atoms with Gasteiger partial charge in [-0.05, 0) is 44.0 Å². The molecule has 0 atom stereocenters. The van der Waals surface area contributed by atoms with Gasteiger partial charge in [0.2, 0.25) is 0 Å². The molecular formula is C17H20FN3O3S2. The Labute approximate surface area is 156 Å². The zero-order chi connectivity index (χ0) is 18.7. The fraction of sp³-hybridized carbons (Fsp3) is 0.412. The predicted molar refractivity (Wildman–Crippen MR) is 98.4 cm³/mol. The van der Waals surface area contributed by atoms with Crippen molar-refractivity contribution in [2.24, 2.45) is 0 Å². The van der Waals surface area contributed by atoms with Gasteiger partial charge in [0, 0.05) is 13.1 Å². The Morgan fingerprint density at radius 2 is 1.77 bits per heavy atom. The van der Waals surface area contributed by atoms with E-state index in [-0.39, 0.29) is 15.9 Å². The lowest BCUT2D eigenvalue weighted by molar-refractivity contribution is 0.0765. The molecule has 0 bridgehead atoms. The first-order valence-electron chi connectivity index (χ1n) is 8.42. The summed E-state index contributed by atoms with van der Waals surface area (Å²) in [6.45, 7) is 3.12. The highest BCUT2D eigenvalue weighted by atomic mass is 32.2. The van der Waals surface area contributed by atoms with Crippen LogP contribution in [0.2, 0.25) is 0 Å². The van der Waals surface area contributed by atoms with E-state index in [1.807, 2.05) is 4.90 Å². The molecule has 9 heteroatoms. The van der Waals surface area contributed by atoms with E-state index in [2.05, 4.69) is 9.71 Å². The number of aryl methyl sites for hydroxylation is 1. The standard InChI is InChI=1S/C17H20FN3O3S2/c1-12-15(16(22)21-10-4-2-3-5-11-21)25-17(19-12)20-26(23,24)14-8-6-13(18)7-9-14/h6-9H,2-5,10-11H2,1H3,(H,19,20). The van der Waals surface area contributed by atoms with Crippen LogP contribution in [0.3, 0.4) is 0 Å². The number of amides is 1. The van der Waals surface area contributed by atoms with Crippen LogP contribution in [0.5, 0.6) is 0 Å². The second kappa shape index (κ2) is 7.71. The van der Waals surface area contributed by atoms with Gasteiger partial charge in [-0.1, -0.05) is 24.2 Å². The second-order valence-corrected chi connectivity index (χ2v) is 8.88. The normalized spacial score (nSPS) is 15.5. The number of rotatable bonds is 4. The maximum Gasteiger partial charge on any atom is 0.265 e. The lowest BCUT2D eigenvalue weighted by Crippen LogP contribution is -2.31. The number of hydrogen-bond acceptors (Lipinski definition) is 5. The lowest BCUT2D eigenvalue weighted by Gasteiger charge is -2.19. The molecule has 0 spiro atoms. The Morgan fingerprint density at radius 1 is 1.15 bits per heavy atom. The van der Waals surface area contributed by atoms with E-state index in [1.165, 1.54) is 12.1 Å². The molecule has 6 nitrogen and oxygen atoms in total. The second-order valence-electron chi connectivity index (χ2n) is 6.20. The summed E-state index contributed by atoms with van der Waals surface area (Å²) in [7, 11) is -3.88. The Kier molecular flexibility index (Phi) is 5.57. The van der Waals surface area contributed by atoms with Crippen LogP contribution < -0.4 is 4.72 Å². The van der Waals surface area contributed by atoms with Crippen molar-refractivity contribution >= 4 is 32.4 Å². The van der Waals surface area contributed by atoms with Crippen LogP contribution in [-0.4, -0.2) is 37.3 Å². The molecule has 2 aromatic rings. The number of halogens is 1. The van der Waals surface area contributed by atoms with Crippen molar-refractivity contribution in [2.45, 2.75) is 37.5 Å². The number of aromatic nitrogens is 1. The van der Waals surface area contributed by atoms with E-state index in [0.29, 0.717) is 23.7 Å². The molecule has 1 aliphatic rings. The Bertz CT molecular complexity index is 886. The molecule has 1 saturated heterocycles. The van der Waals surface area contributed by atoms with Gasteiger partial charge in [-0.2, -0.15) is 0 Å². The first-order chi connectivity index (χ1) is 12.4. The van der Waals surface area contributed by atoms with Crippen LogP contribution in [-0.2, 0) is 10.0 Å². The maximum absolute atomic E-state index is 13.0. The fourth-order valence-electron chi connectivity index (χ4n) is 2.84. The van der Waals surface area contributed by atoms with E-state index in [4.69, 9.17) is 0 Å². The molecule has 1 aromatic carbocycles. The summed E-state index contributed by atoms with van der Waals surface area (Å²) >= 11 is 1.03. The highest BCUT2D eigenvalue weighted by Crippen LogP contribution is 2.27. The van der Waals surface area contributed by atoms with Crippen molar-refractivity contribution < 1.29 is 17.6 Å². The van der Waals surface area contributed by atoms with E-state index < -0.39 is 15.8 Å². The predicted octanol–water partition coefficient (Wildman–Crippen LogP) is 3.41. The number of carbonyl (C=O) groups is 1. The van der Waals surface area contributed by atoms with Gasteiger partial charge in [0.1, 0.15) is 10.7 Å². The first kappa shape index (κ1) is 18.8. The van der Waals surface area contributed by atoms with Crippen LogP contribution >= 0.6 is 11.3 Å². The van der Waals surface area contributed by atoms with Crippen LogP contribution in [0.1, 0.15) is 41.0 Å². The van der Waals surface area contributed by atoms with Gasteiger partial charge in [-0.3, -0.25) is 9.52 Å². The summed E-state index contributed by atoms with van der Waals surface area (Å²) < 4.78 is 40.1. The molecule has 140 valence electrons. The summed E-state index contributed by atoms with van der Waals surface area (Å²) in [6.07, 6.45) is 4.20. The monoisotopic (exact) mass is 397 g/mol. The number of hydrogen-bond donors (Lipinski definition) is 1. The highest BCUT2D eigenvalue weighted by Gasteiger charge is 2.24. The van der Waals surface area contributed by atoms with Crippen molar-refractivity contribution in [3.8, 4) is 0 Å². The number of carbonyl (C=O) groups excluding carboxylic acids is 1. The van der Waals surface area contributed by atoms with Crippen molar-refractivity contribution in [3.63, 3.8) is 0 Å². The summed E-state index contributed by atoms with van der Waals surface area (Å²) in [5, 5.41) is 0.130. The molecule has 0 unspecified atom stereocenters. The average Bonchev–Trinajstić information content (AvgIpc) is 2.80. The first-order valence-corrected chi connectivity index (χ1v) is 10.7. The third-order valence-corrected chi connectivity index (χ3v) is 6.77. The van der Waals surface area contributed by atoms with Crippen LogP contribution in [0.4, 0.5) is 9.52 Å². The number of anilines is 1. The molecule has 1 aromatic heterocycles. The fourth-order valence-corrected chi connectivity index (χ4v) is 5.01. The van der Waals surface area contributed by atoms with Gasteiger partial charge < -0.3 is 4.90 Å². The maximum atomic E-state index is 13.0. The SMILES string of the molecule is Cc1nc(NS(=O)(=O)c2ccc(F)cc2)sc1C(=O)N1CCCCCC1. The largest absolute Gasteiger partial charge is 0.338 e. The topological polar surface area (TPSA) is 79.4 Å². The zero-order valence-corrected chi connectivity index (χ0v) is 16.0. The summed E-state index contributed by atoms with van der Waals surface area (Å²) in [5.74, 6) is -0.617. The number of nitrogens with one attached hydrogen (secondary N) is 1. The summed E-state index contributed by atoms with van der Waals surface area (Å²) in [6, 6.07) is 4.52. The van der Waals surface area contributed by atoms with Gasteiger partial charge >= 0.3 is 0 Å². The van der Waals surface area contributed by atoms with E-state index in [1.54, 1.807) is 6.92 Å². The zero-order valence-electron chi connectivity index (χ0n) is 14.4. The Balaban J connectivity index is 1.79. The Morgan fingerprint density at radius 3 is 2.38 bits per heavy atom. The molecule has 1 N–H and O–H groups in total. The van der Waals surface area contributed by atoms with E-state index >= 15 is 0 Å². The molecule has 1 aliphatic heterocycles. The van der Waals surface area contributed by atoms with Crippen molar-refractivity contribution in [2.75, 3.05) is 17.8 Å². The third-order valence-electron chi connectivity index (χ3n) is 4.23. The molecule has 1 fully saturated rings. The molecule has 2 heterocycles. The number of sulfonamides is 1. The minimum Gasteiger partial charge on any atom is -0.338 e. The molecule has 0 saturated carbocycles. The highest BCUT2D eigenvalue weighted by molar-refractivity contribution is 7.93. The van der Waals surface area contributed by atoms with Crippen molar-refractivity contribution in [3.05, 3.63) is 40.7 Å². The van der Waals surface area contributed by atoms with Crippen molar-refractivity contribution in [1.29, 1.82) is 0 Å². The van der Waals surface area contributed by atoms with Crippen molar-refractivity contribution in [1.82, 2.24) is 9.88 Å². The lowest BCUT2D eigenvalue weighted by atomic mass is 10.2. The van der Waals surface area contributed by atoms with Crippen LogP contribution in [0.15, 0.2) is 29.2 Å². The average molecular weight is 397 g/mol. The molecule has 3 rings (SSSR count). The minimum atomic E-state index is -3.88. The number of likely N-dealkylation sites (tertiary alicyclic amines) is 1. The number of nitrogens with zero attached hydrogens (tertiary/aromatic N) is 2. The van der Waals surface area contributed by atoms with Gasteiger partial charge in [0.15, 0.2) is 5.13 Å². The van der Waals surface area contributed by atoms with Gasteiger partial charge in [0.05, 0.1) is 10.6 Å². The van der Waals surface area contributed by atoms with E-state index in [9.17, 15) is 17.6 Å². The molecule has 26 heavy (non-hydrogen) atoms. The summed E-state index contributed by atoms with van der Waals surface area (Å²) in [4.78, 5) is 19.1. The molecule has 1 amide bonds. The third kappa shape index (κ3) is 4.21. The molecule has 0 aliphatic carbocycles. The van der Waals surface area contributed by atoms with Crippen LogP contribution in [0.25, 0.3) is 0 Å². The minimum absolute atomic E-state index is 0.0628. The molecule has 0 radical (unpaired) electrons. The number of thiazole rings is 1. The summed E-state index contributed by atoms with van der Waals surface area (Å²) in [5.41, 5.74) is 0.501. The van der Waals surface area contributed by atoms with Gasteiger partial charge in [-0.25, -0.2) is 17.8 Å². The van der Waals surface area contributed by atoms with Crippen LogP contribution in [0, 0.1) is 12.7 Å². The van der Waals surface area contributed by atoms with Gasteiger partial charge in [-0.15, -0.1) is 0 Å². The quantitative estimate of drug-likeness (QED) is 0.857. The van der Waals surface area contributed by atoms with Gasteiger partial charge in [0.25, 0.3) is 15.9 Å². The molecular weight excluding hydrogens is 377 g/mol.